The lowest BCUT2D eigenvalue weighted by molar-refractivity contribution is -0.132. The highest BCUT2D eigenvalue weighted by Gasteiger charge is 2.37. The van der Waals surface area contributed by atoms with Crippen molar-refractivity contribution in [3.63, 3.8) is 0 Å². The van der Waals surface area contributed by atoms with Gasteiger partial charge in [0.2, 0.25) is 5.91 Å². The van der Waals surface area contributed by atoms with Gasteiger partial charge in [-0.15, -0.1) is 0 Å². The molecule has 0 saturated carbocycles. The summed E-state index contributed by atoms with van der Waals surface area (Å²) in [6.07, 6.45) is 5.81. The molecular formula is C15H30N2O. The first-order chi connectivity index (χ1) is 8.47. The highest BCUT2D eigenvalue weighted by Crippen LogP contribution is 2.21. The van der Waals surface area contributed by atoms with Crippen molar-refractivity contribution in [3.05, 3.63) is 0 Å². The molecular weight excluding hydrogens is 224 g/mol. The van der Waals surface area contributed by atoms with Crippen LogP contribution in [0.2, 0.25) is 0 Å². The first-order valence-corrected chi connectivity index (χ1v) is 7.55. The Morgan fingerprint density at radius 3 is 2.50 bits per heavy atom. The second-order valence-corrected chi connectivity index (χ2v) is 6.10. The molecule has 0 aromatic carbocycles. The fourth-order valence-electron chi connectivity index (χ4n) is 2.87. The average Bonchev–Trinajstić information content (AvgIpc) is 2.54. The fourth-order valence-corrected chi connectivity index (χ4v) is 2.87. The zero-order chi connectivity index (χ0) is 13.7. The molecule has 3 unspecified atom stereocenters. The van der Waals surface area contributed by atoms with Gasteiger partial charge >= 0.3 is 0 Å². The molecule has 1 fully saturated rings. The van der Waals surface area contributed by atoms with Crippen molar-refractivity contribution < 1.29 is 4.79 Å². The fraction of sp³-hybridized carbons (Fsp3) is 0.933. The predicted molar refractivity (Wildman–Crippen MR) is 76.3 cm³/mol. The molecule has 0 radical (unpaired) electrons. The van der Waals surface area contributed by atoms with Gasteiger partial charge in [0, 0.05) is 6.04 Å². The van der Waals surface area contributed by atoms with E-state index in [9.17, 15) is 4.79 Å². The van der Waals surface area contributed by atoms with Crippen LogP contribution in [0.4, 0.5) is 0 Å². The summed E-state index contributed by atoms with van der Waals surface area (Å²) in [4.78, 5) is 14.4. The van der Waals surface area contributed by atoms with Crippen molar-refractivity contribution in [3.8, 4) is 0 Å². The molecule has 1 N–H and O–H groups in total. The molecule has 3 atom stereocenters. The monoisotopic (exact) mass is 254 g/mol. The van der Waals surface area contributed by atoms with Gasteiger partial charge in [0.25, 0.3) is 0 Å². The molecule has 1 aliphatic heterocycles. The van der Waals surface area contributed by atoms with E-state index >= 15 is 0 Å². The summed E-state index contributed by atoms with van der Waals surface area (Å²) in [5.41, 5.74) is 0. The third-order valence-electron chi connectivity index (χ3n) is 3.87. The zero-order valence-electron chi connectivity index (χ0n) is 12.7. The van der Waals surface area contributed by atoms with E-state index in [1.165, 1.54) is 12.8 Å². The Labute approximate surface area is 112 Å². The summed E-state index contributed by atoms with van der Waals surface area (Å²) in [5.74, 6) is 1.07. The maximum absolute atomic E-state index is 12.3. The molecule has 3 heteroatoms. The second kappa shape index (κ2) is 7.13. The van der Waals surface area contributed by atoms with Gasteiger partial charge in [-0.2, -0.15) is 0 Å². The van der Waals surface area contributed by atoms with E-state index in [0.717, 1.165) is 25.2 Å². The molecule has 1 saturated heterocycles. The van der Waals surface area contributed by atoms with Gasteiger partial charge in [0.15, 0.2) is 0 Å². The van der Waals surface area contributed by atoms with Crippen molar-refractivity contribution in [2.45, 2.75) is 85.0 Å². The summed E-state index contributed by atoms with van der Waals surface area (Å²) >= 11 is 0. The third-order valence-corrected chi connectivity index (χ3v) is 3.87. The van der Waals surface area contributed by atoms with Crippen LogP contribution < -0.4 is 5.32 Å². The van der Waals surface area contributed by atoms with E-state index in [1.807, 2.05) is 0 Å². The van der Waals surface area contributed by atoms with Gasteiger partial charge in [-0.25, -0.2) is 0 Å². The Morgan fingerprint density at radius 1 is 1.28 bits per heavy atom. The number of nitrogens with one attached hydrogen (secondary N) is 1. The maximum atomic E-state index is 12.3. The summed E-state index contributed by atoms with van der Waals surface area (Å²) in [6, 6.07) is 0.415. The zero-order valence-corrected chi connectivity index (χ0v) is 12.7. The quantitative estimate of drug-likeness (QED) is 0.757. The predicted octanol–water partition coefficient (Wildman–Crippen LogP) is 3.15. The number of carbonyl (C=O) groups excluding carboxylic acids is 1. The van der Waals surface area contributed by atoms with E-state index in [1.54, 1.807) is 0 Å². The Hall–Kier alpha value is -0.570. The largest absolute Gasteiger partial charge is 0.323 e. The minimum Gasteiger partial charge on any atom is -0.323 e. The van der Waals surface area contributed by atoms with Crippen LogP contribution >= 0.6 is 0 Å². The van der Waals surface area contributed by atoms with Crippen molar-refractivity contribution >= 4 is 5.91 Å². The minimum atomic E-state index is 0.0533. The van der Waals surface area contributed by atoms with Crippen LogP contribution in [0.5, 0.6) is 0 Å². The van der Waals surface area contributed by atoms with Crippen molar-refractivity contribution in [2.24, 2.45) is 5.92 Å². The van der Waals surface area contributed by atoms with Crippen LogP contribution in [0.1, 0.15) is 66.7 Å². The molecule has 0 aromatic heterocycles. The molecule has 0 aliphatic carbocycles. The highest BCUT2D eigenvalue weighted by molar-refractivity contribution is 5.84. The standard InChI is InChI=1S/C15H30N2O/c1-6-8-14-15(18)17(13(5)16-14)12(4)10-7-9-11(2)3/h11-14,16H,6-10H2,1-5H3. The van der Waals surface area contributed by atoms with Gasteiger partial charge < -0.3 is 4.90 Å². The molecule has 1 aliphatic rings. The molecule has 0 aromatic rings. The van der Waals surface area contributed by atoms with Crippen LogP contribution in [0.25, 0.3) is 0 Å². The lowest BCUT2D eigenvalue weighted by Gasteiger charge is -2.28. The minimum absolute atomic E-state index is 0.0533. The summed E-state index contributed by atoms with van der Waals surface area (Å²) in [6.45, 7) is 10.9. The SMILES string of the molecule is CCCC1NC(C)N(C(C)CCCC(C)C)C1=O. The van der Waals surface area contributed by atoms with E-state index in [2.05, 4.69) is 44.8 Å². The molecule has 1 heterocycles. The van der Waals surface area contributed by atoms with Crippen LogP contribution in [0.3, 0.4) is 0 Å². The van der Waals surface area contributed by atoms with Crippen LogP contribution in [0.15, 0.2) is 0 Å². The number of nitrogens with zero attached hydrogens (tertiary/aromatic N) is 1. The molecule has 0 bridgehead atoms. The van der Waals surface area contributed by atoms with E-state index in [0.29, 0.717) is 11.9 Å². The maximum Gasteiger partial charge on any atom is 0.241 e. The smallest absolute Gasteiger partial charge is 0.241 e. The Kier molecular flexibility index (Phi) is 6.13. The summed E-state index contributed by atoms with van der Waals surface area (Å²) < 4.78 is 0. The topological polar surface area (TPSA) is 32.3 Å². The van der Waals surface area contributed by atoms with Gasteiger partial charge in [-0.1, -0.05) is 40.0 Å². The molecule has 3 nitrogen and oxygen atoms in total. The Morgan fingerprint density at radius 2 is 1.94 bits per heavy atom. The summed E-state index contributed by atoms with van der Waals surface area (Å²) in [7, 11) is 0. The van der Waals surface area contributed by atoms with Gasteiger partial charge in [0.05, 0.1) is 12.2 Å². The molecule has 0 spiro atoms. The third kappa shape index (κ3) is 3.98. The normalized spacial score (nSPS) is 26.1. The first kappa shape index (κ1) is 15.5. The molecule has 1 rings (SSSR count). The lowest BCUT2D eigenvalue weighted by Crippen LogP contribution is -2.41. The highest BCUT2D eigenvalue weighted by atomic mass is 16.2. The summed E-state index contributed by atoms with van der Waals surface area (Å²) in [5, 5.41) is 3.41. The number of hydrogen-bond donors (Lipinski definition) is 1. The number of rotatable bonds is 7. The first-order valence-electron chi connectivity index (χ1n) is 7.55. The molecule has 106 valence electrons. The molecule has 18 heavy (non-hydrogen) atoms. The van der Waals surface area contributed by atoms with E-state index in [4.69, 9.17) is 0 Å². The Balaban J connectivity index is 2.46. The van der Waals surface area contributed by atoms with Crippen LogP contribution in [-0.4, -0.2) is 29.1 Å². The van der Waals surface area contributed by atoms with Crippen molar-refractivity contribution in [1.82, 2.24) is 10.2 Å². The number of hydrogen-bond acceptors (Lipinski definition) is 2. The van der Waals surface area contributed by atoms with Crippen molar-refractivity contribution in [2.75, 3.05) is 0 Å². The molecule has 1 amide bonds. The lowest BCUT2D eigenvalue weighted by atomic mass is 10.0. The van der Waals surface area contributed by atoms with E-state index < -0.39 is 0 Å². The van der Waals surface area contributed by atoms with Gasteiger partial charge in [-0.3, -0.25) is 10.1 Å². The van der Waals surface area contributed by atoms with Crippen LogP contribution in [-0.2, 0) is 4.79 Å². The van der Waals surface area contributed by atoms with E-state index in [-0.39, 0.29) is 12.2 Å². The number of amides is 1. The second-order valence-electron chi connectivity index (χ2n) is 6.10. The van der Waals surface area contributed by atoms with Crippen molar-refractivity contribution in [1.29, 1.82) is 0 Å². The van der Waals surface area contributed by atoms with Crippen LogP contribution in [0, 0.1) is 5.92 Å². The Bertz CT molecular complexity index is 265. The van der Waals surface area contributed by atoms with Gasteiger partial charge in [-0.05, 0) is 32.6 Å². The van der Waals surface area contributed by atoms with Gasteiger partial charge in [0.1, 0.15) is 0 Å². The number of carbonyl (C=O) groups is 1. The average molecular weight is 254 g/mol.